The summed E-state index contributed by atoms with van der Waals surface area (Å²) in [5.74, 6) is -1.01. The minimum Gasteiger partial charge on any atom is -0.339 e. The van der Waals surface area contributed by atoms with Gasteiger partial charge in [0.1, 0.15) is 5.82 Å². The average molecular weight is 513 g/mol. The average Bonchev–Trinajstić information content (AvgIpc) is 3.42. The fraction of sp³-hybridized carbons (Fsp3) is 0.385. The lowest BCUT2D eigenvalue weighted by atomic mass is 10.1. The number of halogens is 2. The molecule has 0 unspecified atom stereocenters. The summed E-state index contributed by atoms with van der Waals surface area (Å²) in [7, 11) is 0. The highest BCUT2D eigenvalue weighted by Gasteiger charge is 2.31. The predicted molar refractivity (Wildman–Crippen MR) is 134 cm³/mol. The molecule has 10 heteroatoms. The SMILES string of the molecule is O=C(c1cc(Cn2c(=O)[nH]c(=O)c3ccccc32)c(Cl)cc1F)N1CCN(C(=O)C2CCCC2)CC1. The molecule has 1 aliphatic heterocycles. The molecule has 8 nitrogen and oxygen atoms in total. The molecule has 0 atom stereocenters. The van der Waals surface area contributed by atoms with Gasteiger partial charge in [-0.05, 0) is 42.7 Å². The van der Waals surface area contributed by atoms with E-state index in [1.807, 2.05) is 0 Å². The molecule has 36 heavy (non-hydrogen) atoms. The van der Waals surface area contributed by atoms with Crippen LogP contribution < -0.4 is 11.2 Å². The number of carbonyl (C=O) groups excluding carboxylic acids is 2. The fourth-order valence-electron chi connectivity index (χ4n) is 5.18. The van der Waals surface area contributed by atoms with Crippen LogP contribution >= 0.6 is 11.6 Å². The Morgan fingerprint density at radius 2 is 1.67 bits per heavy atom. The Morgan fingerprint density at radius 3 is 2.39 bits per heavy atom. The lowest BCUT2D eigenvalue weighted by Gasteiger charge is -2.36. The van der Waals surface area contributed by atoms with Crippen molar-refractivity contribution in [3.63, 3.8) is 0 Å². The Balaban J connectivity index is 1.37. The van der Waals surface area contributed by atoms with Crippen molar-refractivity contribution in [1.82, 2.24) is 19.4 Å². The molecule has 2 fully saturated rings. The molecule has 1 saturated carbocycles. The lowest BCUT2D eigenvalue weighted by molar-refractivity contribution is -0.136. The highest BCUT2D eigenvalue weighted by Crippen LogP contribution is 2.28. The van der Waals surface area contributed by atoms with E-state index in [9.17, 15) is 23.6 Å². The van der Waals surface area contributed by atoms with Crippen molar-refractivity contribution < 1.29 is 14.0 Å². The van der Waals surface area contributed by atoms with Gasteiger partial charge in [0.2, 0.25) is 5.91 Å². The molecule has 188 valence electrons. The summed E-state index contributed by atoms with van der Waals surface area (Å²) in [6, 6.07) is 9.07. The summed E-state index contributed by atoms with van der Waals surface area (Å²) in [6.45, 7) is 1.42. The molecule has 1 saturated heterocycles. The number of aromatic nitrogens is 2. The monoisotopic (exact) mass is 512 g/mol. The van der Waals surface area contributed by atoms with Gasteiger partial charge in [0.15, 0.2) is 0 Å². The van der Waals surface area contributed by atoms with Crippen molar-refractivity contribution in [3.05, 3.63) is 79.2 Å². The van der Waals surface area contributed by atoms with Gasteiger partial charge in [-0.15, -0.1) is 0 Å². The number of benzene rings is 2. The predicted octanol–water partition coefficient (Wildman–Crippen LogP) is 3.01. The van der Waals surface area contributed by atoms with Crippen molar-refractivity contribution in [3.8, 4) is 0 Å². The van der Waals surface area contributed by atoms with Crippen LogP contribution in [0.2, 0.25) is 5.02 Å². The molecule has 2 aromatic carbocycles. The number of rotatable bonds is 4. The van der Waals surface area contributed by atoms with Gasteiger partial charge in [0.05, 0.1) is 23.0 Å². The zero-order valence-corrected chi connectivity index (χ0v) is 20.4. The van der Waals surface area contributed by atoms with Gasteiger partial charge in [-0.25, -0.2) is 9.18 Å². The number of para-hydroxylation sites is 1. The van der Waals surface area contributed by atoms with Crippen molar-refractivity contribution in [2.75, 3.05) is 26.2 Å². The van der Waals surface area contributed by atoms with E-state index in [1.165, 1.54) is 15.5 Å². The number of nitrogens with one attached hydrogen (secondary N) is 1. The first-order chi connectivity index (χ1) is 17.3. The molecule has 0 bridgehead atoms. The van der Waals surface area contributed by atoms with E-state index in [1.54, 1.807) is 29.2 Å². The first kappa shape index (κ1) is 24.2. The van der Waals surface area contributed by atoms with E-state index < -0.39 is 23.0 Å². The fourth-order valence-corrected chi connectivity index (χ4v) is 5.39. The van der Waals surface area contributed by atoms with Crippen LogP contribution in [0.3, 0.4) is 0 Å². The maximum Gasteiger partial charge on any atom is 0.329 e. The number of hydrogen-bond acceptors (Lipinski definition) is 4. The largest absolute Gasteiger partial charge is 0.339 e. The van der Waals surface area contributed by atoms with Gasteiger partial charge in [-0.1, -0.05) is 36.6 Å². The van der Waals surface area contributed by atoms with Crippen LogP contribution in [0.25, 0.3) is 10.9 Å². The van der Waals surface area contributed by atoms with Crippen LogP contribution in [0.4, 0.5) is 4.39 Å². The summed E-state index contributed by atoms with van der Waals surface area (Å²) in [5, 5.41) is 0.398. The summed E-state index contributed by atoms with van der Waals surface area (Å²) >= 11 is 6.30. The summed E-state index contributed by atoms with van der Waals surface area (Å²) in [6.07, 6.45) is 4.00. The maximum absolute atomic E-state index is 14.9. The molecule has 3 aromatic rings. The third kappa shape index (κ3) is 4.55. The number of amides is 2. The molecule has 1 N–H and O–H groups in total. The number of nitrogens with zero attached hydrogens (tertiary/aromatic N) is 3. The van der Waals surface area contributed by atoms with Crippen molar-refractivity contribution in [1.29, 1.82) is 0 Å². The van der Waals surface area contributed by atoms with Crippen molar-refractivity contribution >= 4 is 34.3 Å². The second-order valence-electron chi connectivity index (χ2n) is 9.38. The number of piperazine rings is 1. The van der Waals surface area contributed by atoms with Crippen LogP contribution in [0.5, 0.6) is 0 Å². The van der Waals surface area contributed by atoms with E-state index in [-0.39, 0.29) is 29.0 Å². The van der Waals surface area contributed by atoms with Crippen LogP contribution in [0.1, 0.15) is 41.6 Å². The molecule has 5 rings (SSSR count). The van der Waals surface area contributed by atoms with Crippen LogP contribution in [-0.2, 0) is 11.3 Å². The topological polar surface area (TPSA) is 95.5 Å². The molecule has 0 spiro atoms. The highest BCUT2D eigenvalue weighted by atomic mass is 35.5. The summed E-state index contributed by atoms with van der Waals surface area (Å²) in [4.78, 5) is 56.3. The summed E-state index contributed by atoms with van der Waals surface area (Å²) < 4.78 is 16.2. The van der Waals surface area contributed by atoms with Crippen LogP contribution in [0, 0.1) is 11.7 Å². The maximum atomic E-state index is 14.9. The molecule has 1 aromatic heterocycles. The second kappa shape index (κ2) is 9.89. The molecule has 0 radical (unpaired) electrons. The Hall–Kier alpha value is -3.46. The minimum absolute atomic E-state index is 0.0564. The normalized spacial score (nSPS) is 16.6. The van der Waals surface area contributed by atoms with E-state index in [2.05, 4.69) is 4.98 Å². The zero-order valence-electron chi connectivity index (χ0n) is 19.6. The number of H-pyrrole nitrogens is 1. The number of aromatic amines is 1. The Kier molecular flexibility index (Phi) is 6.66. The minimum atomic E-state index is -0.753. The van der Waals surface area contributed by atoms with Gasteiger partial charge in [0, 0.05) is 37.1 Å². The standard InChI is InChI=1S/C26H26ClFN4O4/c27-20-14-21(28)19(25(35)31-11-9-30(10-12-31)24(34)16-5-1-2-6-16)13-17(20)15-32-22-8-4-3-7-18(22)23(33)29-26(32)36/h3-4,7-8,13-14,16H,1-2,5-6,9-12,15H2,(H,29,33,36). The Morgan fingerprint density at radius 1 is 1.00 bits per heavy atom. The van der Waals surface area contributed by atoms with Crippen LogP contribution in [-0.4, -0.2) is 57.3 Å². The van der Waals surface area contributed by atoms with Gasteiger partial charge < -0.3 is 9.80 Å². The molecule has 2 heterocycles. The van der Waals surface area contributed by atoms with E-state index in [0.29, 0.717) is 42.6 Å². The Labute approximate surface area is 211 Å². The molecule has 2 aliphatic rings. The summed E-state index contributed by atoms with van der Waals surface area (Å²) in [5.41, 5.74) is -0.501. The molecular weight excluding hydrogens is 487 g/mol. The second-order valence-corrected chi connectivity index (χ2v) is 9.79. The number of carbonyl (C=O) groups is 2. The van der Waals surface area contributed by atoms with Crippen molar-refractivity contribution in [2.24, 2.45) is 5.92 Å². The lowest BCUT2D eigenvalue weighted by Crippen LogP contribution is -2.51. The van der Waals surface area contributed by atoms with Gasteiger partial charge in [-0.2, -0.15) is 0 Å². The van der Waals surface area contributed by atoms with Gasteiger partial charge >= 0.3 is 5.69 Å². The first-order valence-electron chi connectivity index (χ1n) is 12.1. The van der Waals surface area contributed by atoms with Gasteiger partial charge in [-0.3, -0.25) is 23.9 Å². The van der Waals surface area contributed by atoms with E-state index in [4.69, 9.17) is 11.6 Å². The Bertz CT molecular complexity index is 1450. The third-order valence-corrected chi connectivity index (χ3v) is 7.53. The third-order valence-electron chi connectivity index (χ3n) is 7.18. The quantitative estimate of drug-likeness (QED) is 0.581. The van der Waals surface area contributed by atoms with Crippen molar-refractivity contribution in [2.45, 2.75) is 32.2 Å². The number of fused-ring (bicyclic) bond motifs is 1. The zero-order chi connectivity index (χ0) is 25.4. The van der Waals surface area contributed by atoms with E-state index >= 15 is 0 Å². The molecule has 1 aliphatic carbocycles. The number of hydrogen-bond donors (Lipinski definition) is 1. The smallest absolute Gasteiger partial charge is 0.329 e. The molecule has 2 amide bonds. The van der Waals surface area contributed by atoms with E-state index in [0.717, 1.165) is 31.7 Å². The molecular formula is C26H26ClFN4O4. The highest BCUT2D eigenvalue weighted by molar-refractivity contribution is 6.31. The van der Waals surface area contributed by atoms with Crippen LogP contribution in [0.15, 0.2) is 46.0 Å². The first-order valence-corrected chi connectivity index (χ1v) is 12.5. The van der Waals surface area contributed by atoms with Gasteiger partial charge in [0.25, 0.3) is 11.5 Å².